The van der Waals surface area contributed by atoms with Crippen LogP contribution >= 0.6 is 0 Å². The molecule has 0 amide bonds. The summed E-state index contributed by atoms with van der Waals surface area (Å²) in [6.45, 7) is 5.91. The molecule has 0 aliphatic carbocycles. The van der Waals surface area contributed by atoms with Gasteiger partial charge in [0.1, 0.15) is 11.2 Å². The number of hydrogen-bond acceptors (Lipinski definition) is 7. The first-order valence-electron chi connectivity index (χ1n) is 10.8. The van der Waals surface area contributed by atoms with Gasteiger partial charge in [-0.2, -0.15) is 10.2 Å². The van der Waals surface area contributed by atoms with Gasteiger partial charge in [-0.15, -0.1) is 0 Å². The molecule has 0 aliphatic heterocycles. The number of benzene rings is 1. The van der Waals surface area contributed by atoms with Crippen molar-refractivity contribution in [1.29, 1.82) is 0 Å². The van der Waals surface area contributed by atoms with Crippen LogP contribution in [0.4, 0.5) is 0 Å². The van der Waals surface area contributed by atoms with E-state index in [0.29, 0.717) is 11.5 Å². The molecule has 9 nitrogen and oxygen atoms in total. The molecule has 6 aromatic rings. The predicted molar refractivity (Wildman–Crippen MR) is 127 cm³/mol. The lowest BCUT2D eigenvalue weighted by atomic mass is 9.99. The Morgan fingerprint density at radius 3 is 2.88 bits per heavy atom. The molecule has 0 saturated heterocycles. The second kappa shape index (κ2) is 7.72. The molecular formula is C24H21N9. The Balaban J connectivity index is 1.48. The molecule has 3 N–H and O–H groups in total. The zero-order valence-electron chi connectivity index (χ0n) is 18.2. The second-order valence-corrected chi connectivity index (χ2v) is 7.96. The molecule has 1 aromatic carbocycles. The number of imidazole rings is 1. The summed E-state index contributed by atoms with van der Waals surface area (Å²) in [4.78, 5) is 18.6. The van der Waals surface area contributed by atoms with Gasteiger partial charge in [-0.3, -0.25) is 15.2 Å². The molecule has 0 bridgehead atoms. The summed E-state index contributed by atoms with van der Waals surface area (Å²) in [5.41, 5.74) is 7.40. The van der Waals surface area contributed by atoms with Crippen molar-refractivity contribution in [2.24, 2.45) is 0 Å². The largest absolute Gasteiger partial charge is 0.313 e. The van der Waals surface area contributed by atoms with Gasteiger partial charge in [-0.25, -0.2) is 15.0 Å². The summed E-state index contributed by atoms with van der Waals surface area (Å²) in [5.74, 6) is 0.589. The lowest BCUT2D eigenvalue weighted by Gasteiger charge is -2.11. The fraction of sp³-hybridized carbons (Fsp3) is 0.167. The monoisotopic (exact) mass is 435 g/mol. The van der Waals surface area contributed by atoms with Crippen molar-refractivity contribution in [2.45, 2.75) is 20.4 Å². The zero-order valence-corrected chi connectivity index (χ0v) is 18.2. The third-order valence-corrected chi connectivity index (χ3v) is 5.99. The van der Waals surface area contributed by atoms with Crippen LogP contribution in [0.15, 0.2) is 49.2 Å². The number of pyridine rings is 2. The van der Waals surface area contributed by atoms with E-state index in [9.17, 15) is 0 Å². The predicted octanol–water partition coefficient (Wildman–Crippen LogP) is 3.92. The third-order valence-electron chi connectivity index (χ3n) is 5.99. The summed E-state index contributed by atoms with van der Waals surface area (Å²) in [6.07, 6.45) is 9.27. The van der Waals surface area contributed by atoms with Crippen LogP contribution in [0.5, 0.6) is 0 Å². The van der Waals surface area contributed by atoms with Crippen molar-refractivity contribution < 1.29 is 0 Å². The Kier molecular flexibility index (Phi) is 4.55. The van der Waals surface area contributed by atoms with E-state index in [1.165, 1.54) is 11.1 Å². The fourth-order valence-electron chi connectivity index (χ4n) is 4.16. The number of nitrogens with one attached hydrogen (secondary N) is 3. The average molecular weight is 435 g/mol. The highest BCUT2D eigenvalue weighted by Gasteiger charge is 2.17. The van der Waals surface area contributed by atoms with E-state index in [-0.39, 0.29) is 0 Å². The number of aromatic amines is 2. The number of aromatic nitrogens is 8. The Bertz CT molecular complexity index is 1630. The molecule has 0 atom stereocenters. The van der Waals surface area contributed by atoms with Crippen molar-refractivity contribution in [1.82, 2.24) is 45.6 Å². The van der Waals surface area contributed by atoms with Crippen LogP contribution in [0.25, 0.3) is 55.5 Å². The third kappa shape index (κ3) is 3.21. The van der Waals surface area contributed by atoms with Crippen molar-refractivity contribution in [2.75, 3.05) is 6.54 Å². The molecule has 0 aliphatic rings. The van der Waals surface area contributed by atoms with Gasteiger partial charge < -0.3 is 5.32 Å². The minimum absolute atomic E-state index is 0.589. The Morgan fingerprint density at radius 2 is 1.97 bits per heavy atom. The minimum Gasteiger partial charge on any atom is -0.313 e. The smallest absolute Gasteiger partial charge is 0.181 e. The van der Waals surface area contributed by atoms with Gasteiger partial charge in [-0.1, -0.05) is 13.0 Å². The maximum absolute atomic E-state index is 4.82. The van der Waals surface area contributed by atoms with Crippen LogP contribution in [-0.4, -0.2) is 46.9 Å². The second-order valence-electron chi connectivity index (χ2n) is 7.96. The van der Waals surface area contributed by atoms with Crippen molar-refractivity contribution in [3.05, 3.63) is 60.3 Å². The van der Waals surface area contributed by atoms with Crippen molar-refractivity contribution >= 4 is 32.8 Å². The highest BCUT2D eigenvalue weighted by atomic mass is 15.2. The van der Waals surface area contributed by atoms with Gasteiger partial charge in [0.15, 0.2) is 11.5 Å². The summed E-state index contributed by atoms with van der Waals surface area (Å²) in [5, 5.41) is 20.7. The van der Waals surface area contributed by atoms with Gasteiger partial charge in [0.25, 0.3) is 0 Å². The van der Waals surface area contributed by atoms with Gasteiger partial charge in [0.2, 0.25) is 0 Å². The van der Waals surface area contributed by atoms with E-state index < -0.39 is 0 Å². The Morgan fingerprint density at radius 1 is 1.03 bits per heavy atom. The van der Waals surface area contributed by atoms with Gasteiger partial charge >= 0.3 is 0 Å². The van der Waals surface area contributed by atoms with Crippen LogP contribution in [0.1, 0.15) is 18.1 Å². The van der Waals surface area contributed by atoms with E-state index in [2.05, 4.69) is 55.6 Å². The van der Waals surface area contributed by atoms with Crippen LogP contribution in [0.2, 0.25) is 0 Å². The summed E-state index contributed by atoms with van der Waals surface area (Å²) >= 11 is 0. The molecule has 0 unspecified atom stereocenters. The number of hydrogen-bond donors (Lipinski definition) is 3. The summed E-state index contributed by atoms with van der Waals surface area (Å²) < 4.78 is 0. The Hall–Kier alpha value is -4.24. The molecule has 0 fully saturated rings. The first kappa shape index (κ1) is 19.4. The maximum atomic E-state index is 4.82. The molecule has 0 radical (unpaired) electrons. The lowest BCUT2D eigenvalue weighted by molar-refractivity contribution is 0.721. The van der Waals surface area contributed by atoms with E-state index in [0.717, 1.165) is 57.1 Å². The fourth-order valence-corrected chi connectivity index (χ4v) is 4.16. The molecular weight excluding hydrogens is 414 g/mol. The molecule has 33 heavy (non-hydrogen) atoms. The van der Waals surface area contributed by atoms with E-state index in [1.807, 2.05) is 36.9 Å². The van der Waals surface area contributed by atoms with E-state index in [1.54, 1.807) is 6.20 Å². The normalized spacial score (nSPS) is 11.7. The van der Waals surface area contributed by atoms with Crippen LogP contribution in [-0.2, 0) is 6.54 Å². The van der Waals surface area contributed by atoms with Crippen molar-refractivity contribution in [3.63, 3.8) is 0 Å². The number of fused-ring (bicyclic) bond motifs is 4. The first-order valence-corrected chi connectivity index (χ1v) is 10.8. The SMILES string of the molecule is CCNCc1cncc(-c2cnc3n[nH]c(-c4nc5ccc6cn[nH]cc6c5n4)c3c2)c1C. The molecule has 0 saturated carbocycles. The van der Waals surface area contributed by atoms with Crippen LogP contribution in [0, 0.1) is 6.92 Å². The topological polar surface area (TPSA) is 121 Å². The van der Waals surface area contributed by atoms with E-state index >= 15 is 0 Å². The highest BCUT2D eigenvalue weighted by Crippen LogP contribution is 2.32. The standard InChI is InChI=1S/C24H21N9/c1-3-25-7-16-8-26-11-18(13(16)2)15-6-17-22(32-33-23(17)27-9-15)24-30-20-5-4-14-10-28-29-12-19(14)21(20)31-24/h4-6,8-12,25,29H,3,7H2,1-2H3,(H,27,32,33). The quantitative estimate of drug-likeness (QED) is 0.375. The van der Waals surface area contributed by atoms with E-state index in [4.69, 9.17) is 9.97 Å². The summed E-state index contributed by atoms with van der Waals surface area (Å²) in [6, 6.07) is 6.04. The average Bonchev–Trinajstić information content (AvgIpc) is 3.47. The van der Waals surface area contributed by atoms with Gasteiger partial charge in [0.05, 0.1) is 17.1 Å². The number of rotatable bonds is 5. The maximum Gasteiger partial charge on any atom is 0.181 e. The number of nitrogens with zero attached hydrogens (tertiary/aromatic N) is 6. The summed E-state index contributed by atoms with van der Waals surface area (Å²) in [7, 11) is 0. The van der Waals surface area contributed by atoms with Gasteiger partial charge in [0, 0.05) is 53.2 Å². The lowest BCUT2D eigenvalue weighted by Crippen LogP contribution is -2.13. The molecule has 0 spiro atoms. The number of H-pyrrole nitrogens is 2. The van der Waals surface area contributed by atoms with Crippen molar-refractivity contribution in [3.8, 4) is 22.6 Å². The minimum atomic E-state index is 0.589. The first-order chi connectivity index (χ1) is 16.2. The molecule has 5 heterocycles. The highest BCUT2D eigenvalue weighted by molar-refractivity contribution is 6.05. The van der Waals surface area contributed by atoms with Gasteiger partial charge in [-0.05, 0) is 36.7 Å². The molecule has 5 aromatic heterocycles. The van der Waals surface area contributed by atoms with Crippen LogP contribution in [0.3, 0.4) is 0 Å². The molecule has 9 heteroatoms. The van der Waals surface area contributed by atoms with Crippen LogP contribution < -0.4 is 5.32 Å². The zero-order chi connectivity index (χ0) is 22.4. The molecule has 162 valence electrons. The molecule has 6 rings (SSSR count). The Labute approximate surface area is 188 Å².